The number of carbonyl (C=O) groups excluding carboxylic acids is 3. The van der Waals surface area contributed by atoms with Crippen LogP contribution in [0, 0.1) is 0 Å². The fraction of sp³-hybridized carbons (Fsp3) is 0.367. The summed E-state index contributed by atoms with van der Waals surface area (Å²) in [5.41, 5.74) is -0.291. The van der Waals surface area contributed by atoms with Crippen molar-refractivity contribution in [1.82, 2.24) is 24.9 Å². The van der Waals surface area contributed by atoms with Crippen LogP contribution < -0.4 is 5.32 Å². The molecule has 0 spiro atoms. The Morgan fingerprint density at radius 3 is 2.34 bits per heavy atom. The van der Waals surface area contributed by atoms with E-state index in [-0.39, 0.29) is 35.8 Å². The third-order valence-corrected chi connectivity index (χ3v) is 7.93. The van der Waals surface area contributed by atoms with Crippen LogP contribution in [0.3, 0.4) is 0 Å². The molecule has 11 heteroatoms. The normalized spacial score (nSPS) is 20.7. The highest BCUT2D eigenvalue weighted by Crippen LogP contribution is 2.43. The second-order valence-electron chi connectivity index (χ2n) is 10.2. The smallest absolute Gasteiger partial charge is 0.338 e. The van der Waals surface area contributed by atoms with E-state index in [1.165, 1.54) is 34.1 Å². The van der Waals surface area contributed by atoms with E-state index in [0.29, 0.717) is 31.7 Å². The number of rotatable bonds is 7. The zero-order valence-electron chi connectivity index (χ0n) is 22.7. The van der Waals surface area contributed by atoms with E-state index >= 15 is 0 Å². The highest BCUT2D eigenvalue weighted by Gasteiger charge is 2.49. The molecule has 4 amide bonds. The first-order chi connectivity index (χ1) is 19.7. The highest BCUT2D eigenvalue weighted by atomic mass is 19.4. The van der Waals surface area contributed by atoms with Gasteiger partial charge in [-0.15, -0.1) is 6.58 Å². The standard InChI is InChI=1S/C30H32F3N5O3/c1-3-14-37-23-19-38(26(20-10-6-5-7-11-20)28(40)36-17-15-35(4-2)16-18-36)27(39)24(23)25(34-29(37)41)21-12-8-9-13-22(21)30(31,32)33/h3,5-13,25-26H,1,4,14-19H2,2H3,(H,34,41)/t25-,26-/m0/s1. The minimum atomic E-state index is -4.70. The molecule has 2 atom stereocenters. The zero-order valence-corrected chi connectivity index (χ0v) is 22.7. The van der Waals surface area contributed by atoms with Gasteiger partial charge >= 0.3 is 12.2 Å². The van der Waals surface area contributed by atoms with Gasteiger partial charge in [-0.3, -0.25) is 14.5 Å². The van der Waals surface area contributed by atoms with Crippen LogP contribution >= 0.6 is 0 Å². The van der Waals surface area contributed by atoms with Gasteiger partial charge in [-0.1, -0.05) is 61.5 Å². The first-order valence-corrected chi connectivity index (χ1v) is 13.6. The third-order valence-electron chi connectivity index (χ3n) is 7.93. The number of halogens is 3. The summed E-state index contributed by atoms with van der Waals surface area (Å²) in [5.74, 6) is -0.854. The Bertz CT molecular complexity index is 1370. The lowest BCUT2D eigenvalue weighted by molar-refractivity contribution is -0.144. The Balaban J connectivity index is 1.57. The summed E-state index contributed by atoms with van der Waals surface area (Å²) >= 11 is 0. The fourth-order valence-electron chi connectivity index (χ4n) is 5.83. The van der Waals surface area contributed by atoms with Gasteiger partial charge in [-0.2, -0.15) is 13.2 Å². The number of hydrogen-bond donors (Lipinski definition) is 1. The molecule has 3 heterocycles. The Kier molecular flexibility index (Phi) is 7.90. The zero-order chi connectivity index (χ0) is 29.3. The number of likely N-dealkylation sites (N-methyl/N-ethyl adjacent to an activating group) is 1. The molecule has 3 aliphatic rings. The molecule has 1 fully saturated rings. The molecular weight excluding hydrogens is 535 g/mol. The number of amides is 4. The van der Waals surface area contributed by atoms with Gasteiger partial charge in [0.2, 0.25) is 5.91 Å². The number of nitrogens with one attached hydrogen (secondary N) is 1. The molecule has 8 nitrogen and oxygen atoms in total. The quantitative estimate of drug-likeness (QED) is 0.514. The largest absolute Gasteiger partial charge is 0.416 e. The van der Waals surface area contributed by atoms with Crippen LogP contribution in [0.2, 0.25) is 0 Å². The van der Waals surface area contributed by atoms with Crippen LogP contribution in [0.25, 0.3) is 0 Å². The van der Waals surface area contributed by atoms with Gasteiger partial charge in [0.25, 0.3) is 5.91 Å². The Morgan fingerprint density at radius 1 is 1.05 bits per heavy atom. The van der Waals surface area contributed by atoms with E-state index < -0.39 is 35.8 Å². The van der Waals surface area contributed by atoms with Crippen molar-refractivity contribution >= 4 is 17.8 Å². The second-order valence-corrected chi connectivity index (χ2v) is 10.2. The predicted octanol–water partition coefficient (Wildman–Crippen LogP) is 3.96. The van der Waals surface area contributed by atoms with Crippen molar-refractivity contribution in [3.63, 3.8) is 0 Å². The van der Waals surface area contributed by atoms with Gasteiger partial charge in [-0.05, 0) is 23.7 Å². The van der Waals surface area contributed by atoms with Gasteiger partial charge < -0.3 is 20.0 Å². The minimum absolute atomic E-state index is 0.0210. The van der Waals surface area contributed by atoms with Crippen molar-refractivity contribution in [2.24, 2.45) is 0 Å². The number of nitrogens with zero attached hydrogens (tertiary/aromatic N) is 4. The van der Waals surface area contributed by atoms with Crippen molar-refractivity contribution < 1.29 is 27.6 Å². The summed E-state index contributed by atoms with van der Waals surface area (Å²) in [7, 11) is 0. The molecule has 0 unspecified atom stereocenters. The topological polar surface area (TPSA) is 76.2 Å². The van der Waals surface area contributed by atoms with Crippen molar-refractivity contribution in [1.29, 1.82) is 0 Å². The monoisotopic (exact) mass is 567 g/mol. The average Bonchev–Trinajstić information content (AvgIpc) is 3.31. The van der Waals surface area contributed by atoms with Crippen LogP contribution in [0.1, 0.15) is 35.7 Å². The van der Waals surface area contributed by atoms with E-state index in [4.69, 9.17) is 0 Å². The van der Waals surface area contributed by atoms with Gasteiger partial charge in [0, 0.05) is 32.7 Å². The molecule has 2 aromatic carbocycles. The molecule has 216 valence electrons. The third kappa shape index (κ3) is 5.33. The summed E-state index contributed by atoms with van der Waals surface area (Å²) in [6.45, 7) is 8.95. The van der Waals surface area contributed by atoms with E-state index in [2.05, 4.69) is 23.7 Å². The number of benzene rings is 2. The molecule has 1 saturated heterocycles. The van der Waals surface area contributed by atoms with E-state index in [9.17, 15) is 27.6 Å². The molecule has 2 aromatic rings. The maximum Gasteiger partial charge on any atom is 0.416 e. The summed E-state index contributed by atoms with van der Waals surface area (Å²) in [4.78, 5) is 48.2. The number of alkyl halides is 3. The molecule has 0 saturated carbocycles. The summed E-state index contributed by atoms with van der Waals surface area (Å²) < 4.78 is 42.1. The average molecular weight is 568 g/mol. The van der Waals surface area contributed by atoms with Crippen molar-refractivity contribution in [2.45, 2.75) is 25.2 Å². The Hall–Kier alpha value is -4.12. The van der Waals surface area contributed by atoms with Crippen LogP contribution in [0.4, 0.5) is 18.0 Å². The molecule has 5 rings (SSSR count). The van der Waals surface area contributed by atoms with E-state index in [1.807, 2.05) is 0 Å². The first-order valence-electron chi connectivity index (χ1n) is 13.6. The van der Waals surface area contributed by atoms with E-state index in [0.717, 1.165) is 12.6 Å². The van der Waals surface area contributed by atoms with Gasteiger partial charge in [0.15, 0.2) is 0 Å². The molecule has 41 heavy (non-hydrogen) atoms. The number of piperazine rings is 1. The fourth-order valence-corrected chi connectivity index (χ4v) is 5.83. The Morgan fingerprint density at radius 2 is 1.71 bits per heavy atom. The number of hydrogen-bond acceptors (Lipinski definition) is 4. The lowest BCUT2D eigenvalue weighted by Crippen LogP contribution is -2.52. The molecule has 0 bridgehead atoms. The Labute approximate surface area is 236 Å². The highest BCUT2D eigenvalue weighted by molar-refractivity contribution is 6.04. The molecular formula is C30H32F3N5O3. The van der Waals surface area contributed by atoms with Crippen LogP contribution in [-0.4, -0.2) is 83.3 Å². The van der Waals surface area contributed by atoms with Gasteiger partial charge in [0.05, 0.1) is 29.4 Å². The molecule has 0 radical (unpaired) electrons. The SMILES string of the molecule is C=CCN1C(=O)N[C@@H](c2ccccc2C(F)(F)F)C2=C1CN([C@H](C(=O)N1CCN(CC)CC1)c1ccccc1)C2=O. The molecule has 1 N–H and O–H groups in total. The van der Waals surface area contributed by atoms with Crippen molar-refractivity contribution in [3.8, 4) is 0 Å². The summed E-state index contributed by atoms with van der Waals surface area (Å²) in [6.07, 6.45) is -3.22. The van der Waals surface area contributed by atoms with Crippen molar-refractivity contribution in [2.75, 3.05) is 45.8 Å². The maximum absolute atomic E-state index is 14.2. The van der Waals surface area contributed by atoms with Crippen LogP contribution in [0.5, 0.6) is 0 Å². The summed E-state index contributed by atoms with van der Waals surface area (Å²) in [5, 5.41) is 2.62. The lowest BCUT2D eigenvalue weighted by atomic mass is 9.91. The van der Waals surface area contributed by atoms with Gasteiger partial charge in [0.1, 0.15) is 6.04 Å². The van der Waals surface area contributed by atoms with Crippen LogP contribution in [0.15, 0.2) is 78.5 Å². The van der Waals surface area contributed by atoms with Crippen LogP contribution in [-0.2, 0) is 15.8 Å². The molecule has 0 aliphatic carbocycles. The second kappa shape index (κ2) is 11.4. The summed E-state index contributed by atoms with van der Waals surface area (Å²) in [6, 6.07) is 10.8. The number of urea groups is 1. The minimum Gasteiger partial charge on any atom is -0.338 e. The molecule has 3 aliphatic heterocycles. The molecule has 0 aromatic heterocycles. The first kappa shape index (κ1) is 28.4. The maximum atomic E-state index is 14.2. The lowest BCUT2D eigenvalue weighted by Gasteiger charge is -2.38. The van der Waals surface area contributed by atoms with E-state index in [1.54, 1.807) is 35.2 Å². The number of carbonyl (C=O) groups is 3. The van der Waals surface area contributed by atoms with Crippen molar-refractivity contribution in [3.05, 3.63) is 95.2 Å². The predicted molar refractivity (Wildman–Crippen MR) is 146 cm³/mol. The van der Waals surface area contributed by atoms with Gasteiger partial charge in [-0.25, -0.2) is 4.79 Å².